The molecule has 0 heterocycles. The Labute approximate surface area is 74.0 Å². The molecule has 66 valence electrons. The van der Waals surface area contributed by atoms with E-state index in [1.54, 1.807) is 0 Å². The molecule has 0 aromatic rings. The molecule has 0 aliphatic carbocycles. The minimum Gasteiger partial charge on any atom is -0.520 e. The largest absolute Gasteiger partial charge is 0.520 e. The molecule has 0 bridgehead atoms. The summed E-state index contributed by atoms with van der Waals surface area (Å²) in [4.78, 5) is 10.9. The Morgan fingerprint density at radius 1 is 1.55 bits per heavy atom. The number of carbonyl (C=O) groups excluding carboxylic acids is 1. The van der Waals surface area contributed by atoms with Crippen molar-refractivity contribution in [3.63, 3.8) is 0 Å². The van der Waals surface area contributed by atoms with E-state index in [0.717, 1.165) is 6.04 Å². The fraction of sp³-hybridized carbons (Fsp3) is 0.857. The van der Waals surface area contributed by atoms with Gasteiger partial charge in [0, 0.05) is 5.88 Å². The van der Waals surface area contributed by atoms with Crippen LogP contribution in [0.25, 0.3) is 0 Å². The summed E-state index contributed by atoms with van der Waals surface area (Å²) in [6, 6.07) is 0.959. The predicted molar refractivity (Wildman–Crippen MR) is 49.4 cm³/mol. The van der Waals surface area contributed by atoms with E-state index in [2.05, 4.69) is 0 Å². The van der Waals surface area contributed by atoms with E-state index in [1.807, 2.05) is 20.0 Å². The second-order valence-electron chi connectivity index (χ2n) is 3.03. The zero-order valence-electron chi connectivity index (χ0n) is 7.32. The molecule has 0 saturated heterocycles. The van der Waals surface area contributed by atoms with Gasteiger partial charge in [0.2, 0.25) is 8.32 Å². The first-order valence-electron chi connectivity index (χ1n) is 3.79. The van der Waals surface area contributed by atoms with Crippen molar-refractivity contribution >= 4 is 25.9 Å². The van der Waals surface area contributed by atoms with Crippen LogP contribution in [-0.4, -0.2) is 20.2 Å². The Morgan fingerprint density at radius 2 is 2.09 bits per heavy atom. The van der Waals surface area contributed by atoms with Crippen molar-refractivity contribution in [1.29, 1.82) is 0 Å². The van der Waals surface area contributed by atoms with E-state index in [-0.39, 0.29) is 5.97 Å². The Hall–Kier alpha value is -0.0231. The second kappa shape index (κ2) is 4.77. The van der Waals surface area contributed by atoms with Crippen LogP contribution < -0.4 is 0 Å². The number of halogens is 1. The summed E-state index contributed by atoms with van der Waals surface area (Å²) in [7, 11) is -1.69. The molecule has 0 saturated carbocycles. The minimum atomic E-state index is -1.69. The van der Waals surface area contributed by atoms with Gasteiger partial charge in [0.1, 0.15) is 0 Å². The van der Waals surface area contributed by atoms with E-state index in [4.69, 9.17) is 16.0 Å². The van der Waals surface area contributed by atoms with Crippen LogP contribution in [0.3, 0.4) is 0 Å². The monoisotopic (exact) mass is 194 g/mol. The molecule has 4 heteroatoms. The first-order valence-corrected chi connectivity index (χ1v) is 7.44. The van der Waals surface area contributed by atoms with Crippen LogP contribution in [-0.2, 0) is 9.22 Å². The molecule has 0 aliphatic rings. The molecule has 0 rings (SSSR count). The fourth-order valence-electron chi connectivity index (χ4n) is 0.509. The Kier molecular flexibility index (Phi) is 4.76. The molecule has 11 heavy (non-hydrogen) atoms. The first kappa shape index (κ1) is 11.0. The van der Waals surface area contributed by atoms with Crippen LogP contribution in [0, 0.1) is 0 Å². The van der Waals surface area contributed by atoms with Gasteiger partial charge in [-0.2, -0.15) is 0 Å². The lowest BCUT2D eigenvalue weighted by molar-refractivity contribution is -0.134. The summed E-state index contributed by atoms with van der Waals surface area (Å²) in [6.07, 6.45) is 0.331. The van der Waals surface area contributed by atoms with Gasteiger partial charge in [0.15, 0.2) is 0 Å². The van der Waals surface area contributed by atoms with Gasteiger partial charge in [0.25, 0.3) is 5.97 Å². The number of hydrogen-bond donors (Lipinski definition) is 0. The highest BCUT2D eigenvalue weighted by atomic mass is 35.5. The standard InChI is InChI=1S/C7H15ClO2Si/c1-4-11(2,3)10-7(9)5-6-8/h4-6H2,1-3H3. The van der Waals surface area contributed by atoms with Gasteiger partial charge in [-0.15, -0.1) is 11.6 Å². The zero-order valence-corrected chi connectivity index (χ0v) is 9.07. The average Bonchev–Trinajstić information content (AvgIpc) is 1.87. The minimum absolute atomic E-state index is 0.154. The SMILES string of the molecule is CC[Si](C)(C)OC(=O)CCCl. The maximum absolute atomic E-state index is 10.9. The highest BCUT2D eigenvalue weighted by Crippen LogP contribution is 2.10. The molecule has 0 aromatic heterocycles. The Balaban J connectivity index is 3.74. The van der Waals surface area contributed by atoms with Gasteiger partial charge in [-0.3, -0.25) is 4.79 Å². The number of carbonyl (C=O) groups is 1. The molecule has 0 aromatic carbocycles. The average molecular weight is 195 g/mol. The second-order valence-corrected chi connectivity index (χ2v) is 7.83. The molecule has 0 atom stereocenters. The molecule has 0 spiro atoms. The van der Waals surface area contributed by atoms with Gasteiger partial charge in [-0.1, -0.05) is 6.92 Å². The molecular formula is C7H15ClO2Si. The summed E-state index contributed by atoms with van der Waals surface area (Å²) in [6.45, 7) is 6.10. The smallest absolute Gasteiger partial charge is 0.293 e. The first-order chi connectivity index (χ1) is 5.02. The fourth-order valence-corrected chi connectivity index (χ4v) is 1.53. The number of rotatable bonds is 4. The van der Waals surface area contributed by atoms with E-state index in [9.17, 15) is 4.79 Å². The van der Waals surface area contributed by atoms with Crippen molar-refractivity contribution in [3.05, 3.63) is 0 Å². The van der Waals surface area contributed by atoms with Gasteiger partial charge >= 0.3 is 0 Å². The van der Waals surface area contributed by atoms with Crippen molar-refractivity contribution in [2.75, 3.05) is 5.88 Å². The summed E-state index contributed by atoms with van der Waals surface area (Å²) in [5.74, 6) is 0.200. The molecule has 2 nitrogen and oxygen atoms in total. The number of hydrogen-bond acceptors (Lipinski definition) is 2. The lowest BCUT2D eigenvalue weighted by atomic mass is 10.5. The van der Waals surface area contributed by atoms with E-state index < -0.39 is 8.32 Å². The third-order valence-corrected chi connectivity index (χ3v) is 4.21. The Morgan fingerprint density at radius 3 is 2.45 bits per heavy atom. The van der Waals surface area contributed by atoms with Crippen molar-refractivity contribution in [3.8, 4) is 0 Å². The molecule has 0 aliphatic heterocycles. The van der Waals surface area contributed by atoms with Crippen LogP contribution in [0.15, 0.2) is 0 Å². The molecule has 0 amide bonds. The summed E-state index contributed by atoms with van der Waals surface area (Å²) in [5.41, 5.74) is 0. The lowest BCUT2D eigenvalue weighted by Gasteiger charge is -2.20. The molecule has 0 radical (unpaired) electrons. The summed E-state index contributed by atoms with van der Waals surface area (Å²) < 4.78 is 5.24. The maximum atomic E-state index is 10.9. The quantitative estimate of drug-likeness (QED) is 0.508. The van der Waals surface area contributed by atoms with Crippen molar-refractivity contribution in [2.24, 2.45) is 0 Å². The highest BCUT2D eigenvalue weighted by molar-refractivity contribution is 6.72. The molecular weight excluding hydrogens is 180 g/mol. The molecule has 0 fully saturated rings. The van der Waals surface area contributed by atoms with Crippen LogP contribution in [0.4, 0.5) is 0 Å². The number of alkyl halides is 1. The van der Waals surface area contributed by atoms with E-state index in [1.165, 1.54) is 0 Å². The molecule has 0 unspecified atom stereocenters. The highest BCUT2D eigenvalue weighted by Gasteiger charge is 2.23. The third-order valence-electron chi connectivity index (χ3n) is 1.54. The normalized spacial score (nSPS) is 11.3. The van der Waals surface area contributed by atoms with Crippen LogP contribution >= 0.6 is 11.6 Å². The van der Waals surface area contributed by atoms with Gasteiger partial charge in [-0.25, -0.2) is 0 Å². The van der Waals surface area contributed by atoms with Crippen molar-refractivity contribution in [2.45, 2.75) is 32.5 Å². The maximum Gasteiger partial charge on any atom is 0.293 e. The third kappa shape index (κ3) is 5.27. The van der Waals surface area contributed by atoms with E-state index >= 15 is 0 Å². The van der Waals surface area contributed by atoms with Crippen LogP contribution in [0.2, 0.25) is 19.1 Å². The summed E-state index contributed by atoms with van der Waals surface area (Å²) >= 11 is 5.38. The van der Waals surface area contributed by atoms with Gasteiger partial charge in [-0.05, 0) is 19.1 Å². The van der Waals surface area contributed by atoms with Gasteiger partial charge in [0.05, 0.1) is 6.42 Å². The topological polar surface area (TPSA) is 26.3 Å². The molecule has 0 N–H and O–H groups in total. The lowest BCUT2D eigenvalue weighted by Crippen LogP contribution is -2.32. The van der Waals surface area contributed by atoms with Crippen molar-refractivity contribution in [1.82, 2.24) is 0 Å². The zero-order chi connectivity index (χ0) is 8.91. The van der Waals surface area contributed by atoms with E-state index in [0.29, 0.717) is 12.3 Å². The Bertz CT molecular complexity index is 136. The van der Waals surface area contributed by atoms with Crippen molar-refractivity contribution < 1.29 is 9.22 Å². The van der Waals surface area contributed by atoms with Gasteiger partial charge < -0.3 is 4.43 Å². The van der Waals surface area contributed by atoms with Crippen LogP contribution in [0.5, 0.6) is 0 Å². The predicted octanol–water partition coefficient (Wildman–Crippen LogP) is 2.38. The summed E-state index contributed by atoms with van der Waals surface area (Å²) in [5, 5.41) is 0. The van der Waals surface area contributed by atoms with Crippen LogP contribution in [0.1, 0.15) is 13.3 Å².